The zero-order valence-corrected chi connectivity index (χ0v) is 19.4. The summed E-state index contributed by atoms with van der Waals surface area (Å²) in [6, 6.07) is 42.3. The molecule has 6 rings (SSSR count). The lowest BCUT2D eigenvalue weighted by molar-refractivity contribution is 0.494. The van der Waals surface area contributed by atoms with Crippen molar-refractivity contribution in [3.8, 4) is 5.75 Å². The normalized spacial score (nSPS) is 15.3. The second kappa shape index (κ2) is 8.48. The van der Waals surface area contributed by atoms with Crippen LogP contribution in [0.15, 0.2) is 133 Å². The number of benzene rings is 5. The first-order chi connectivity index (χ1) is 16.7. The van der Waals surface area contributed by atoms with Crippen molar-refractivity contribution in [2.45, 2.75) is 5.66 Å². The molecule has 1 aliphatic rings. The number of hydrogen-bond acceptors (Lipinski definition) is 2. The van der Waals surface area contributed by atoms with Gasteiger partial charge >= 0.3 is 0 Å². The first-order valence-corrected chi connectivity index (χ1v) is 13.2. The lowest BCUT2D eigenvalue weighted by atomic mass is 10.0. The smallest absolute Gasteiger partial charge is 0.154 e. The Hall–Kier alpha value is -3.87. The van der Waals surface area contributed by atoms with Gasteiger partial charge in [-0.2, -0.15) is 0 Å². The molecule has 1 aliphatic heterocycles. The highest BCUT2D eigenvalue weighted by Gasteiger charge is 2.40. The highest BCUT2D eigenvalue weighted by molar-refractivity contribution is 7.79. The monoisotopic (exact) mass is 458 g/mol. The van der Waals surface area contributed by atoms with Gasteiger partial charge in [-0.1, -0.05) is 115 Å². The van der Waals surface area contributed by atoms with Crippen molar-refractivity contribution in [2.75, 3.05) is 0 Å². The maximum absolute atomic E-state index is 15.2. The van der Waals surface area contributed by atoms with Gasteiger partial charge in [0.25, 0.3) is 0 Å². The molecule has 2 nitrogen and oxygen atoms in total. The summed E-state index contributed by atoms with van der Waals surface area (Å²) in [5.41, 5.74) is 1.58. The van der Waals surface area contributed by atoms with E-state index in [1.54, 1.807) is 0 Å². The number of hydrogen-bond donors (Lipinski definition) is 0. The van der Waals surface area contributed by atoms with Crippen LogP contribution in [0.25, 0.3) is 16.5 Å². The Morgan fingerprint density at radius 3 is 1.88 bits per heavy atom. The van der Waals surface area contributed by atoms with Crippen molar-refractivity contribution in [1.29, 1.82) is 0 Å². The van der Waals surface area contributed by atoms with Gasteiger partial charge in [-0.3, -0.25) is 0 Å². The molecule has 1 heterocycles. The Morgan fingerprint density at radius 1 is 0.588 bits per heavy atom. The highest BCUT2D eigenvalue weighted by Crippen LogP contribution is 2.61. The number of ether oxygens (including phenoxy) is 1. The predicted molar refractivity (Wildman–Crippen MR) is 141 cm³/mol. The molecule has 0 bridgehead atoms. The second-order valence-corrected chi connectivity index (χ2v) is 11.4. The van der Waals surface area contributed by atoms with E-state index in [1.807, 2.05) is 97.1 Å². The Balaban J connectivity index is 1.59. The SMILES string of the molecule is O=P(c1ccccc1)(c1ccccc1)C1C=C(c2ccc3ccccc3c2)Oc2ccccc21. The summed E-state index contributed by atoms with van der Waals surface area (Å²) in [6.07, 6.45) is 2.06. The zero-order valence-electron chi connectivity index (χ0n) is 18.5. The number of para-hydroxylation sites is 1. The van der Waals surface area contributed by atoms with Gasteiger partial charge < -0.3 is 9.30 Å². The fourth-order valence-corrected chi connectivity index (χ4v) is 7.89. The van der Waals surface area contributed by atoms with Crippen LogP contribution in [0.1, 0.15) is 16.8 Å². The summed E-state index contributed by atoms with van der Waals surface area (Å²) in [4.78, 5) is 0. The van der Waals surface area contributed by atoms with Crippen molar-refractivity contribution in [2.24, 2.45) is 0 Å². The molecule has 1 unspecified atom stereocenters. The average Bonchev–Trinajstić information content (AvgIpc) is 2.92. The van der Waals surface area contributed by atoms with Crippen molar-refractivity contribution < 1.29 is 9.30 Å². The molecule has 5 aromatic rings. The Kier molecular flexibility index (Phi) is 5.17. The van der Waals surface area contributed by atoms with Gasteiger partial charge in [-0.05, 0) is 29.0 Å². The minimum atomic E-state index is -3.09. The predicted octanol–water partition coefficient (Wildman–Crippen LogP) is 7.33. The summed E-state index contributed by atoms with van der Waals surface area (Å²) >= 11 is 0. The van der Waals surface area contributed by atoms with E-state index in [0.29, 0.717) is 0 Å². The third-order valence-electron chi connectivity index (χ3n) is 6.47. The van der Waals surface area contributed by atoms with Gasteiger partial charge in [-0.25, -0.2) is 0 Å². The van der Waals surface area contributed by atoms with Gasteiger partial charge in [0.1, 0.15) is 11.5 Å². The molecule has 0 aliphatic carbocycles. The number of rotatable bonds is 4. The first-order valence-electron chi connectivity index (χ1n) is 11.4. The van der Waals surface area contributed by atoms with Crippen LogP contribution < -0.4 is 15.3 Å². The Labute approximate surface area is 199 Å². The molecule has 0 N–H and O–H groups in total. The average molecular weight is 458 g/mol. The van der Waals surface area contributed by atoms with E-state index in [4.69, 9.17) is 4.74 Å². The molecule has 0 spiro atoms. The largest absolute Gasteiger partial charge is 0.457 e. The highest BCUT2D eigenvalue weighted by atomic mass is 31.2. The molecule has 0 fully saturated rings. The van der Waals surface area contributed by atoms with Crippen LogP contribution in [-0.4, -0.2) is 0 Å². The standard InChI is InChI=1S/C31H23O2P/c32-34(26-13-3-1-4-14-26,27-15-5-2-6-16-27)31-22-30(33-29-18-10-9-17-28(29)31)25-20-19-23-11-7-8-12-24(23)21-25/h1-22,31H. The van der Waals surface area contributed by atoms with Gasteiger partial charge in [-0.15, -0.1) is 0 Å². The van der Waals surface area contributed by atoms with E-state index in [9.17, 15) is 0 Å². The fourth-order valence-electron chi connectivity index (χ4n) is 4.77. The minimum absolute atomic E-state index is 0.344. The van der Waals surface area contributed by atoms with E-state index in [0.717, 1.165) is 38.6 Å². The van der Waals surface area contributed by atoms with E-state index in [1.165, 1.54) is 5.39 Å². The van der Waals surface area contributed by atoms with Crippen LogP contribution in [0, 0.1) is 0 Å². The van der Waals surface area contributed by atoms with Crippen LogP contribution in [0.5, 0.6) is 5.75 Å². The molecule has 0 amide bonds. The number of fused-ring (bicyclic) bond motifs is 2. The third kappa shape index (κ3) is 3.48. The first kappa shape index (κ1) is 20.7. The molecule has 0 radical (unpaired) electrons. The second-order valence-electron chi connectivity index (χ2n) is 8.51. The van der Waals surface area contributed by atoms with Gasteiger partial charge in [0.15, 0.2) is 7.14 Å². The molecular weight excluding hydrogens is 435 g/mol. The molecule has 1 atom stereocenters. The quantitative estimate of drug-likeness (QED) is 0.264. The summed E-state index contributed by atoms with van der Waals surface area (Å²) in [6.45, 7) is 0. The lowest BCUT2D eigenvalue weighted by Gasteiger charge is -2.32. The summed E-state index contributed by atoms with van der Waals surface area (Å²) in [5, 5.41) is 4.02. The van der Waals surface area contributed by atoms with Gasteiger partial charge in [0.05, 0.1) is 5.66 Å². The van der Waals surface area contributed by atoms with Crippen LogP contribution in [0.3, 0.4) is 0 Å². The Bertz CT molecular complexity index is 1510. The molecule has 3 heteroatoms. The van der Waals surface area contributed by atoms with E-state index < -0.39 is 7.14 Å². The van der Waals surface area contributed by atoms with Gasteiger partial charge in [0, 0.05) is 21.7 Å². The van der Waals surface area contributed by atoms with Crippen molar-refractivity contribution >= 4 is 34.3 Å². The maximum atomic E-state index is 15.2. The van der Waals surface area contributed by atoms with E-state index in [2.05, 4.69) is 36.4 Å². The van der Waals surface area contributed by atoms with Crippen LogP contribution in [0.2, 0.25) is 0 Å². The maximum Gasteiger partial charge on any atom is 0.154 e. The van der Waals surface area contributed by atoms with E-state index >= 15 is 4.57 Å². The summed E-state index contributed by atoms with van der Waals surface area (Å²) in [7, 11) is -3.09. The molecular formula is C31H23O2P. The number of allylic oxidation sites excluding steroid dienone is 1. The molecule has 164 valence electrons. The Morgan fingerprint density at radius 2 is 1.18 bits per heavy atom. The van der Waals surface area contributed by atoms with Crippen molar-refractivity contribution in [1.82, 2.24) is 0 Å². The topological polar surface area (TPSA) is 26.3 Å². The summed E-state index contributed by atoms with van der Waals surface area (Å²) < 4.78 is 21.6. The van der Waals surface area contributed by atoms with Crippen LogP contribution in [-0.2, 0) is 4.57 Å². The molecule has 0 aromatic heterocycles. The minimum Gasteiger partial charge on any atom is -0.457 e. The van der Waals surface area contributed by atoms with Crippen LogP contribution in [0.4, 0.5) is 0 Å². The third-order valence-corrected chi connectivity index (χ3v) is 9.81. The molecule has 0 saturated heterocycles. The molecule has 34 heavy (non-hydrogen) atoms. The van der Waals surface area contributed by atoms with E-state index in [-0.39, 0.29) is 5.66 Å². The lowest BCUT2D eigenvalue weighted by Crippen LogP contribution is -2.23. The zero-order chi connectivity index (χ0) is 23.0. The molecule has 0 saturated carbocycles. The van der Waals surface area contributed by atoms with Crippen molar-refractivity contribution in [3.05, 3.63) is 145 Å². The van der Waals surface area contributed by atoms with Crippen LogP contribution >= 0.6 is 7.14 Å². The fraction of sp³-hybridized carbons (Fsp3) is 0.0323. The summed E-state index contributed by atoms with van der Waals surface area (Å²) in [5.74, 6) is 1.49. The molecule has 5 aromatic carbocycles. The van der Waals surface area contributed by atoms with Gasteiger partial charge in [0.2, 0.25) is 0 Å². The van der Waals surface area contributed by atoms with Crippen molar-refractivity contribution in [3.63, 3.8) is 0 Å².